The molecule has 7 heteroatoms. The van der Waals surface area contributed by atoms with Crippen molar-refractivity contribution in [3.63, 3.8) is 0 Å². The first-order valence-electron chi connectivity index (χ1n) is 12.5. The van der Waals surface area contributed by atoms with Crippen LogP contribution in [0.5, 0.6) is 0 Å². The van der Waals surface area contributed by atoms with Crippen LogP contribution in [-0.2, 0) is 23.9 Å². The van der Waals surface area contributed by atoms with Gasteiger partial charge in [-0.3, -0.25) is 14.4 Å². The number of allylic oxidation sites excluding steroid dienone is 10. The van der Waals surface area contributed by atoms with Crippen LogP contribution in [0.2, 0.25) is 0 Å². The Bertz CT molecular complexity index is 1030. The SMILES string of the molecule is CC1C/C=C/C=C/C=C/C=C/C=C\C2OC(O)(C=CC2C(N)=O)/C=C/CCCC(=O)/C=C/C(C)C(=O)O1. The second-order valence-electron chi connectivity index (χ2n) is 8.98. The van der Waals surface area contributed by atoms with Crippen LogP contribution in [0.4, 0.5) is 0 Å². The average Bonchev–Trinajstić information content (AvgIpc) is 2.84. The highest BCUT2D eigenvalue weighted by Gasteiger charge is 2.35. The lowest BCUT2D eigenvalue weighted by Crippen LogP contribution is -2.43. The number of aliphatic hydroxyl groups is 1. The fourth-order valence-corrected chi connectivity index (χ4v) is 3.51. The van der Waals surface area contributed by atoms with Crippen molar-refractivity contribution < 1.29 is 29.0 Å². The lowest BCUT2D eigenvalue weighted by Gasteiger charge is -2.33. The van der Waals surface area contributed by atoms with Crippen LogP contribution in [0.1, 0.15) is 39.5 Å². The summed E-state index contributed by atoms with van der Waals surface area (Å²) < 4.78 is 11.2. The van der Waals surface area contributed by atoms with Crippen LogP contribution < -0.4 is 5.73 Å². The van der Waals surface area contributed by atoms with Gasteiger partial charge in [0.1, 0.15) is 6.10 Å². The molecule has 0 aromatic carbocycles. The number of nitrogens with two attached hydrogens (primary N) is 1. The Morgan fingerprint density at radius 2 is 1.62 bits per heavy atom. The van der Waals surface area contributed by atoms with Crippen molar-refractivity contribution in [1.82, 2.24) is 0 Å². The predicted octanol–water partition coefficient (Wildman–Crippen LogP) is 4.34. The zero-order chi connectivity index (χ0) is 27.1. The summed E-state index contributed by atoms with van der Waals surface area (Å²) in [5.74, 6) is -3.95. The molecule has 0 saturated heterocycles. The van der Waals surface area contributed by atoms with Crippen molar-refractivity contribution in [1.29, 1.82) is 0 Å². The van der Waals surface area contributed by atoms with Gasteiger partial charge in [0, 0.05) is 12.8 Å². The molecule has 2 heterocycles. The maximum atomic E-state index is 12.2. The lowest BCUT2D eigenvalue weighted by molar-refractivity contribution is -0.171. The van der Waals surface area contributed by atoms with Gasteiger partial charge in [-0.2, -0.15) is 0 Å². The third-order valence-electron chi connectivity index (χ3n) is 5.64. The summed E-state index contributed by atoms with van der Waals surface area (Å²) in [4.78, 5) is 36.2. The second kappa shape index (κ2) is 15.5. The summed E-state index contributed by atoms with van der Waals surface area (Å²) in [5.41, 5.74) is 5.50. The van der Waals surface area contributed by atoms with Gasteiger partial charge in [-0.25, -0.2) is 0 Å². The first-order valence-corrected chi connectivity index (χ1v) is 12.5. The third kappa shape index (κ3) is 11.4. The molecule has 2 bridgehead atoms. The highest BCUT2D eigenvalue weighted by molar-refractivity contribution is 5.90. The number of carbonyl (C=O) groups excluding carboxylic acids is 3. The average molecular weight is 508 g/mol. The number of esters is 1. The smallest absolute Gasteiger partial charge is 0.312 e. The molecular weight excluding hydrogens is 470 g/mol. The topological polar surface area (TPSA) is 116 Å². The number of ether oxygens (including phenoxy) is 2. The van der Waals surface area contributed by atoms with Crippen molar-refractivity contribution in [2.24, 2.45) is 17.6 Å². The predicted molar refractivity (Wildman–Crippen MR) is 144 cm³/mol. The number of rotatable bonds is 1. The van der Waals surface area contributed by atoms with Crippen LogP contribution in [0.15, 0.2) is 97.2 Å². The number of fused-ring (bicyclic) bond motifs is 2. The van der Waals surface area contributed by atoms with E-state index in [0.717, 1.165) is 0 Å². The van der Waals surface area contributed by atoms with Gasteiger partial charge in [-0.15, -0.1) is 0 Å². The van der Waals surface area contributed by atoms with E-state index in [4.69, 9.17) is 15.2 Å². The van der Waals surface area contributed by atoms with Gasteiger partial charge in [0.05, 0.1) is 17.9 Å². The van der Waals surface area contributed by atoms with Crippen LogP contribution in [-0.4, -0.2) is 40.8 Å². The first kappa shape index (κ1) is 29.7. The molecule has 7 nitrogen and oxygen atoms in total. The fourth-order valence-electron chi connectivity index (χ4n) is 3.51. The lowest BCUT2D eigenvalue weighted by atomic mass is 9.95. The molecule has 0 radical (unpaired) electrons. The molecule has 0 aliphatic carbocycles. The third-order valence-corrected chi connectivity index (χ3v) is 5.64. The molecule has 37 heavy (non-hydrogen) atoms. The van der Waals surface area contributed by atoms with E-state index in [0.29, 0.717) is 25.7 Å². The molecule has 0 saturated carbocycles. The second-order valence-corrected chi connectivity index (χ2v) is 8.98. The van der Waals surface area contributed by atoms with Crippen LogP contribution >= 0.6 is 0 Å². The van der Waals surface area contributed by atoms with Crippen molar-refractivity contribution in [3.05, 3.63) is 97.2 Å². The number of amides is 1. The molecular formula is C30H37NO6. The van der Waals surface area contributed by atoms with Gasteiger partial charge < -0.3 is 20.3 Å². The van der Waals surface area contributed by atoms with Gasteiger partial charge in [0.15, 0.2) is 5.78 Å². The Labute approximate surface area is 219 Å². The van der Waals surface area contributed by atoms with E-state index >= 15 is 0 Å². The van der Waals surface area contributed by atoms with E-state index < -0.39 is 29.6 Å². The van der Waals surface area contributed by atoms with E-state index in [2.05, 4.69) is 0 Å². The normalized spacial score (nSPS) is 36.4. The zero-order valence-corrected chi connectivity index (χ0v) is 21.4. The Morgan fingerprint density at radius 1 is 0.946 bits per heavy atom. The molecule has 0 aromatic heterocycles. The first-order chi connectivity index (χ1) is 17.7. The van der Waals surface area contributed by atoms with E-state index in [9.17, 15) is 19.5 Å². The number of carbonyl (C=O) groups is 3. The summed E-state index contributed by atoms with van der Waals surface area (Å²) in [7, 11) is 0. The van der Waals surface area contributed by atoms with Gasteiger partial charge in [-0.1, -0.05) is 79.0 Å². The van der Waals surface area contributed by atoms with Crippen LogP contribution in [0, 0.1) is 11.8 Å². The van der Waals surface area contributed by atoms with E-state index in [1.807, 2.05) is 49.5 Å². The fraction of sp³-hybridized carbons (Fsp3) is 0.367. The molecule has 1 amide bonds. The summed E-state index contributed by atoms with van der Waals surface area (Å²) >= 11 is 0. The van der Waals surface area contributed by atoms with Crippen LogP contribution in [0.3, 0.4) is 0 Å². The molecule has 0 fully saturated rings. The Kier molecular flexibility index (Phi) is 12.5. The molecule has 2 aliphatic heterocycles. The summed E-state index contributed by atoms with van der Waals surface area (Å²) in [6, 6.07) is 0. The molecule has 2 aliphatic rings. The van der Waals surface area contributed by atoms with E-state index in [1.165, 1.54) is 18.2 Å². The number of cyclic esters (lactones) is 1. The highest BCUT2D eigenvalue weighted by Crippen LogP contribution is 2.27. The van der Waals surface area contributed by atoms with Gasteiger partial charge in [0.2, 0.25) is 11.7 Å². The largest absolute Gasteiger partial charge is 0.462 e. The van der Waals surface area contributed by atoms with Crippen molar-refractivity contribution >= 4 is 17.7 Å². The maximum absolute atomic E-state index is 12.2. The summed E-state index contributed by atoms with van der Waals surface area (Å²) in [6.07, 6.45) is 28.3. The van der Waals surface area contributed by atoms with E-state index in [-0.39, 0.29) is 17.9 Å². The molecule has 2 rings (SSSR count). The van der Waals surface area contributed by atoms with Crippen molar-refractivity contribution in [2.75, 3.05) is 0 Å². The van der Waals surface area contributed by atoms with Crippen LogP contribution in [0.25, 0.3) is 0 Å². The molecule has 5 unspecified atom stereocenters. The monoisotopic (exact) mass is 507 g/mol. The van der Waals surface area contributed by atoms with Crippen molar-refractivity contribution in [2.45, 2.75) is 57.5 Å². The zero-order valence-electron chi connectivity index (χ0n) is 21.4. The minimum Gasteiger partial charge on any atom is -0.462 e. The number of hydrogen-bond acceptors (Lipinski definition) is 6. The maximum Gasteiger partial charge on any atom is 0.312 e. The highest BCUT2D eigenvalue weighted by atomic mass is 16.6. The quantitative estimate of drug-likeness (QED) is 0.403. The van der Waals surface area contributed by atoms with E-state index in [1.54, 1.807) is 43.4 Å². The Hall–Kier alpha value is -3.55. The molecule has 0 aromatic rings. The number of ketones is 1. The standard InChI is InChI=1S/C30H37NO6/c1-23-18-19-25(32)16-12-10-14-21-30(35)22-20-26(28(31)33)27(37-30)17-13-9-7-5-3-4-6-8-11-15-24(2)36-29(23)34/h3-9,11,13-14,17-24,26-27,35H,10,12,15-16H2,1-2H3,(H2,31,33)/b5-3+,6-4+,9-7+,11-8+,17-13-,19-18+,21-14+. The van der Waals surface area contributed by atoms with Crippen molar-refractivity contribution in [3.8, 4) is 0 Å². The minimum absolute atomic E-state index is 0.0959. The molecule has 3 N–H and O–H groups in total. The molecule has 0 spiro atoms. The minimum atomic E-state index is -1.69. The molecule has 198 valence electrons. The van der Waals surface area contributed by atoms with Gasteiger partial charge >= 0.3 is 5.97 Å². The number of hydrogen-bond donors (Lipinski definition) is 2. The summed E-state index contributed by atoms with van der Waals surface area (Å²) in [6.45, 7) is 3.52. The number of primary amides is 1. The Balaban J connectivity index is 2.15. The summed E-state index contributed by atoms with van der Waals surface area (Å²) in [5, 5.41) is 10.8. The Morgan fingerprint density at radius 3 is 2.32 bits per heavy atom. The van der Waals surface area contributed by atoms with Gasteiger partial charge in [-0.05, 0) is 44.9 Å². The molecule has 5 atom stereocenters. The van der Waals surface area contributed by atoms with Gasteiger partial charge in [0.25, 0.3) is 0 Å².